The minimum Gasteiger partial charge on any atom is -0.481 e. The molecule has 1 amide bonds. The number of carboxylic acid groups (broad SMARTS) is 1. The molecule has 1 rings (SSSR count). The van der Waals surface area contributed by atoms with Gasteiger partial charge in [0.15, 0.2) is 0 Å². The predicted octanol–water partition coefficient (Wildman–Crippen LogP) is 2.09. The Bertz CT molecular complexity index is 433. The number of hydrogen-bond donors (Lipinski definition) is 3. The number of carbonyl (C=O) groups is 2. The zero-order valence-corrected chi connectivity index (χ0v) is 11.0. The minimum atomic E-state index is -0.898. The summed E-state index contributed by atoms with van der Waals surface area (Å²) in [5.74, 6) is -1.12. The normalized spacial score (nSPS) is 11.3. The van der Waals surface area contributed by atoms with Crippen LogP contribution in [0.3, 0.4) is 0 Å². The van der Waals surface area contributed by atoms with E-state index in [4.69, 9.17) is 5.11 Å². The van der Waals surface area contributed by atoms with Crippen molar-refractivity contribution in [2.75, 3.05) is 0 Å². The van der Waals surface area contributed by atoms with Crippen LogP contribution in [0.1, 0.15) is 49.0 Å². The summed E-state index contributed by atoms with van der Waals surface area (Å²) in [5, 5.41) is 11.8. The molecule has 0 unspecified atom stereocenters. The topological polar surface area (TPSA) is 82.2 Å². The number of rotatable bonds is 6. The van der Waals surface area contributed by atoms with E-state index in [1.807, 2.05) is 20.8 Å². The van der Waals surface area contributed by atoms with Crippen molar-refractivity contribution in [3.05, 3.63) is 23.5 Å². The van der Waals surface area contributed by atoms with Crippen LogP contribution in [-0.4, -0.2) is 27.5 Å². The fourth-order valence-corrected chi connectivity index (χ4v) is 2.00. The summed E-state index contributed by atoms with van der Waals surface area (Å²) in [5.41, 5.74) is 0.739. The average Bonchev–Trinajstić information content (AvgIpc) is 2.74. The highest BCUT2D eigenvalue weighted by molar-refractivity contribution is 5.96. The van der Waals surface area contributed by atoms with E-state index in [2.05, 4.69) is 10.3 Å². The maximum atomic E-state index is 12.1. The molecule has 0 saturated carbocycles. The summed E-state index contributed by atoms with van der Waals surface area (Å²) in [6.45, 7) is 5.61. The van der Waals surface area contributed by atoms with Crippen molar-refractivity contribution in [2.24, 2.45) is 0 Å². The van der Waals surface area contributed by atoms with E-state index in [1.165, 1.54) is 0 Å². The first-order valence-corrected chi connectivity index (χ1v) is 6.11. The molecular weight excluding hydrogens is 232 g/mol. The van der Waals surface area contributed by atoms with Crippen molar-refractivity contribution in [3.63, 3.8) is 0 Å². The first kappa shape index (κ1) is 14.3. The molecule has 0 bridgehead atoms. The number of carboxylic acids is 1. The Labute approximate surface area is 107 Å². The molecule has 0 aliphatic heterocycles. The number of H-pyrrole nitrogens is 1. The van der Waals surface area contributed by atoms with E-state index in [-0.39, 0.29) is 12.3 Å². The Morgan fingerprint density at radius 2 is 1.94 bits per heavy atom. The van der Waals surface area contributed by atoms with Gasteiger partial charge in [-0.3, -0.25) is 9.59 Å². The molecular formula is C13H20N2O3. The van der Waals surface area contributed by atoms with Gasteiger partial charge in [-0.25, -0.2) is 0 Å². The van der Waals surface area contributed by atoms with Crippen LogP contribution in [0.15, 0.2) is 12.4 Å². The second-order valence-corrected chi connectivity index (χ2v) is 4.56. The third-order valence-corrected chi connectivity index (χ3v) is 3.42. The minimum absolute atomic E-state index is 0.0603. The van der Waals surface area contributed by atoms with Gasteiger partial charge in [0, 0.05) is 12.4 Å². The lowest BCUT2D eigenvalue weighted by atomic mass is 9.88. The standard InChI is InChI=1S/C13H20N2O3/c1-4-13(5-2,6-11(16)17)15-12(18)10-8-14-7-9(10)3/h7-8,14H,4-6H2,1-3H3,(H,15,18)(H,16,17). The van der Waals surface area contributed by atoms with Crippen LogP contribution in [0.5, 0.6) is 0 Å². The third-order valence-electron chi connectivity index (χ3n) is 3.42. The Kier molecular flexibility index (Phi) is 4.53. The highest BCUT2D eigenvalue weighted by Gasteiger charge is 2.31. The van der Waals surface area contributed by atoms with E-state index in [9.17, 15) is 9.59 Å². The van der Waals surface area contributed by atoms with Gasteiger partial charge in [0.25, 0.3) is 5.91 Å². The molecule has 5 heteroatoms. The number of aromatic nitrogens is 1. The smallest absolute Gasteiger partial charge is 0.305 e. The molecule has 0 aromatic carbocycles. The van der Waals surface area contributed by atoms with Crippen LogP contribution in [0.4, 0.5) is 0 Å². The third kappa shape index (κ3) is 3.12. The summed E-state index contributed by atoms with van der Waals surface area (Å²) < 4.78 is 0. The number of carbonyl (C=O) groups excluding carboxylic acids is 1. The van der Waals surface area contributed by atoms with Crippen LogP contribution in [0.25, 0.3) is 0 Å². The van der Waals surface area contributed by atoms with Crippen molar-refractivity contribution in [1.82, 2.24) is 10.3 Å². The van der Waals surface area contributed by atoms with Gasteiger partial charge in [-0.1, -0.05) is 13.8 Å². The van der Waals surface area contributed by atoms with Crippen LogP contribution >= 0.6 is 0 Å². The highest BCUT2D eigenvalue weighted by Crippen LogP contribution is 2.21. The molecule has 1 aromatic heterocycles. The first-order chi connectivity index (χ1) is 8.44. The van der Waals surface area contributed by atoms with Crippen molar-refractivity contribution in [1.29, 1.82) is 0 Å². The Morgan fingerprint density at radius 1 is 1.33 bits per heavy atom. The van der Waals surface area contributed by atoms with Crippen molar-refractivity contribution in [3.8, 4) is 0 Å². The van der Waals surface area contributed by atoms with Crippen molar-refractivity contribution >= 4 is 11.9 Å². The first-order valence-electron chi connectivity index (χ1n) is 6.11. The van der Waals surface area contributed by atoms with Crippen LogP contribution < -0.4 is 5.32 Å². The summed E-state index contributed by atoms with van der Waals surface area (Å²) >= 11 is 0. The monoisotopic (exact) mass is 252 g/mol. The molecule has 0 saturated heterocycles. The zero-order valence-electron chi connectivity index (χ0n) is 11.0. The maximum Gasteiger partial charge on any atom is 0.305 e. The van der Waals surface area contributed by atoms with Gasteiger partial charge >= 0.3 is 5.97 Å². The summed E-state index contributed by atoms with van der Waals surface area (Å²) in [6.07, 6.45) is 4.48. The van der Waals surface area contributed by atoms with E-state index in [1.54, 1.807) is 12.4 Å². The van der Waals surface area contributed by atoms with Gasteiger partial charge in [-0.15, -0.1) is 0 Å². The second kappa shape index (κ2) is 5.71. The van der Waals surface area contributed by atoms with Crippen LogP contribution in [0.2, 0.25) is 0 Å². The van der Waals surface area contributed by atoms with Gasteiger partial charge in [-0.05, 0) is 25.3 Å². The van der Waals surface area contributed by atoms with Crippen molar-refractivity contribution in [2.45, 2.75) is 45.6 Å². The summed E-state index contributed by atoms with van der Waals surface area (Å²) in [7, 11) is 0. The molecule has 100 valence electrons. The molecule has 0 fully saturated rings. The van der Waals surface area contributed by atoms with E-state index in [0.717, 1.165) is 5.56 Å². The number of aliphatic carboxylic acids is 1. The summed E-state index contributed by atoms with van der Waals surface area (Å²) in [6, 6.07) is 0. The molecule has 5 nitrogen and oxygen atoms in total. The van der Waals surface area contributed by atoms with Gasteiger partial charge in [0.2, 0.25) is 0 Å². The lowest BCUT2D eigenvalue weighted by molar-refractivity contribution is -0.138. The molecule has 3 N–H and O–H groups in total. The lowest BCUT2D eigenvalue weighted by Gasteiger charge is -2.31. The molecule has 0 aliphatic carbocycles. The molecule has 1 heterocycles. The van der Waals surface area contributed by atoms with E-state index < -0.39 is 11.5 Å². The van der Waals surface area contributed by atoms with Crippen LogP contribution in [0, 0.1) is 6.92 Å². The molecule has 0 aliphatic rings. The fraction of sp³-hybridized carbons (Fsp3) is 0.538. The molecule has 0 radical (unpaired) electrons. The van der Waals surface area contributed by atoms with E-state index >= 15 is 0 Å². The largest absolute Gasteiger partial charge is 0.481 e. The fourth-order valence-electron chi connectivity index (χ4n) is 2.00. The SMILES string of the molecule is CCC(CC)(CC(=O)O)NC(=O)c1c[nH]cc1C. The quantitative estimate of drug-likeness (QED) is 0.725. The zero-order chi connectivity index (χ0) is 13.8. The number of aryl methyl sites for hydroxylation is 1. The Morgan fingerprint density at radius 3 is 2.33 bits per heavy atom. The highest BCUT2D eigenvalue weighted by atomic mass is 16.4. The molecule has 0 atom stereocenters. The molecule has 18 heavy (non-hydrogen) atoms. The second-order valence-electron chi connectivity index (χ2n) is 4.56. The maximum absolute atomic E-state index is 12.1. The Balaban J connectivity index is 2.87. The van der Waals surface area contributed by atoms with Gasteiger partial charge in [0.05, 0.1) is 17.5 Å². The molecule has 1 aromatic rings. The van der Waals surface area contributed by atoms with Gasteiger partial charge in [-0.2, -0.15) is 0 Å². The van der Waals surface area contributed by atoms with E-state index in [0.29, 0.717) is 18.4 Å². The average molecular weight is 252 g/mol. The molecule has 0 spiro atoms. The predicted molar refractivity (Wildman–Crippen MR) is 68.6 cm³/mol. The number of nitrogens with one attached hydrogen (secondary N) is 2. The van der Waals surface area contributed by atoms with Crippen LogP contribution in [-0.2, 0) is 4.79 Å². The van der Waals surface area contributed by atoms with Gasteiger partial charge in [0.1, 0.15) is 0 Å². The van der Waals surface area contributed by atoms with Gasteiger partial charge < -0.3 is 15.4 Å². The number of aromatic amines is 1. The number of hydrogen-bond acceptors (Lipinski definition) is 2. The summed E-state index contributed by atoms with van der Waals surface area (Å²) in [4.78, 5) is 25.9. The number of amides is 1. The van der Waals surface area contributed by atoms with Crippen molar-refractivity contribution < 1.29 is 14.7 Å². The Hall–Kier alpha value is -1.78. The lowest BCUT2D eigenvalue weighted by Crippen LogP contribution is -2.49.